The van der Waals surface area contributed by atoms with E-state index >= 15 is 0 Å². The molecule has 0 aromatic carbocycles. The number of nitrogens with one attached hydrogen (secondary N) is 1. The molecule has 21 heavy (non-hydrogen) atoms. The molecule has 0 aliphatic heterocycles. The predicted octanol–water partition coefficient (Wildman–Crippen LogP) is 4.63. The van der Waals surface area contributed by atoms with E-state index in [1.54, 1.807) is 0 Å². The second-order valence-corrected chi connectivity index (χ2v) is 8.84. The van der Waals surface area contributed by atoms with E-state index in [1.165, 1.54) is 38.5 Å². The maximum atomic E-state index is 6.62. The Kier molecular flexibility index (Phi) is 5.76. The SMILES string of the molecule is CNC1CCC(C(C)(C)C)CC1OC1CCC(C)C(C)C1. The third-order valence-electron chi connectivity index (χ3n) is 6.30. The number of hydrogen-bond acceptors (Lipinski definition) is 2. The molecule has 2 heteroatoms. The summed E-state index contributed by atoms with van der Waals surface area (Å²) in [7, 11) is 2.10. The van der Waals surface area contributed by atoms with Crippen molar-refractivity contribution in [2.24, 2.45) is 23.2 Å². The summed E-state index contributed by atoms with van der Waals surface area (Å²) >= 11 is 0. The first-order valence-electron chi connectivity index (χ1n) is 9.14. The van der Waals surface area contributed by atoms with Gasteiger partial charge in [0.2, 0.25) is 0 Å². The Hall–Kier alpha value is -0.0800. The van der Waals surface area contributed by atoms with Crippen molar-refractivity contribution in [3.05, 3.63) is 0 Å². The zero-order valence-electron chi connectivity index (χ0n) is 15.1. The molecule has 2 aliphatic rings. The van der Waals surface area contributed by atoms with Crippen LogP contribution in [0.2, 0.25) is 0 Å². The van der Waals surface area contributed by atoms with Gasteiger partial charge in [0, 0.05) is 6.04 Å². The van der Waals surface area contributed by atoms with Crippen LogP contribution in [0.25, 0.3) is 0 Å². The van der Waals surface area contributed by atoms with E-state index in [0.29, 0.717) is 23.7 Å². The number of rotatable bonds is 3. The maximum Gasteiger partial charge on any atom is 0.0734 e. The van der Waals surface area contributed by atoms with Crippen LogP contribution in [0.3, 0.4) is 0 Å². The predicted molar refractivity (Wildman–Crippen MR) is 90.5 cm³/mol. The minimum Gasteiger partial charge on any atom is -0.373 e. The van der Waals surface area contributed by atoms with Crippen LogP contribution in [0.4, 0.5) is 0 Å². The van der Waals surface area contributed by atoms with Gasteiger partial charge in [-0.1, -0.05) is 34.6 Å². The average molecular weight is 296 g/mol. The fourth-order valence-corrected chi connectivity index (χ4v) is 4.27. The molecular weight excluding hydrogens is 258 g/mol. The summed E-state index contributed by atoms with van der Waals surface area (Å²) in [5.74, 6) is 2.49. The summed E-state index contributed by atoms with van der Waals surface area (Å²) in [6.45, 7) is 12.0. The van der Waals surface area contributed by atoms with Gasteiger partial charge in [0.1, 0.15) is 0 Å². The molecule has 2 aliphatic carbocycles. The zero-order valence-corrected chi connectivity index (χ0v) is 15.1. The van der Waals surface area contributed by atoms with E-state index in [1.807, 2.05) is 0 Å². The molecule has 0 aromatic heterocycles. The standard InChI is InChI=1S/C19H37NO/c1-13-7-9-16(11-14(13)2)21-18-12-15(19(3,4)5)8-10-17(18)20-6/h13-18,20H,7-12H2,1-6H3. The monoisotopic (exact) mass is 295 g/mol. The number of ether oxygens (including phenoxy) is 1. The van der Waals surface area contributed by atoms with Gasteiger partial charge < -0.3 is 10.1 Å². The molecule has 124 valence electrons. The summed E-state index contributed by atoms with van der Waals surface area (Å²) in [4.78, 5) is 0. The molecule has 1 N–H and O–H groups in total. The molecule has 0 heterocycles. The summed E-state index contributed by atoms with van der Waals surface area (Å²) in [6, 6.07) is 0.554. The Morgan fingerprint density at radius 3 is 2.19 bits per heavy atom. The lowest BCUT2D eigenvalue weighted by Gasteiger charge is -2.44. The molecule has 0 aromatic rings. The first kappa shape index (κ1) is 17.3. The molecule has 0 saturated heterocycles. The van der Waals surface area contributed by atoms with Crippen LogP contribution < -0.4 is 5.32 Å². The Morgan fingerprint density at radius 2 is 1.62 bits per heavy atom. The van der Waals surface area contributed by atoms with E-state index < -0.39 is 0 Å². The number of likely N-dealkylation sites (N-methyl/N-ethyl adjacent to an activating group) is 1. The van der Waals surface area contributed by atoms with Crippen LogP contribution in [-0.4, -0.2) is 25.3 Å². The summed E-state index contributed by atoms with van der Waals surface area (Å²) < 4.78 is 6.62. The van der Waals surface area contributed by atoms with Gasteiger partial charge in [-0.05, 0) is 68.7 Å². The van der Waals surface area contributed by atoms with Crippen molar-refractivity contribution in [3.63, 3.8) is 0 Å². The highest BCUT2D eigenvalue weighted by Gasteiger charge is 2.37. The highest BCUT2D eigenvalue weighted by atomic mass is 16.5. The maximum absolute atomic E-state index is 6.62. The van der Waals surface area contributed by atoms with Crippen LogP contribution in [0.1, 0.15) is 73.1 Å². The molecule has 2 rings (SSSR count). The molecule has 2 saturated carbocycles. The van der Waals surface area contributed by atoms with Crippen LogP contribution in [0.5, 0.6) is 0 Å². The van der Waals surface area contributed by atoms with Gasteiger partial charge in [-0.15, -0.1) is 0 Å². The normalized spacial score (nSPS) is 42.0. The minimum atomic E-state index is 0.411. The van der Waals surface area contributed by atoms with Crippen molar-refractivity contribution in [2.45, 2.75) is 91.4 Å². The van der Waals surface area contributed by atoms with Gasteiger partial charge >= 0.3 is 0 Å². The third kappa shape index (κ3) is 4.45. The largest absolute Gasteiger partial charge is 0.373 e. The summed E-state index contributed by atoms with van der Waals surface area (Å²) in [6.07, 6.45) is 8.61. The second-order valence-electron chi connectivity index (χ2n) is 8.84. The fourth-order valence-electron chi connectivity index (χ4n) is 4.27. The Balaban J connectivity index is 1.95. The first-order valence-corrected chi connectivity index (χ1v) is 9.14. The molecule has 0 amide bonds. The van der Waals surface area contributed by atoms with E-state index in [4.69, 9.17) is 4.74 Å². The Labute approximate surface area is 132 Å². The average Bonchev–Trinajstić information content (AvgIpc) is 2.42. The second kappa shape index (κ2) is 7.00. The summed E-state index contributed by atoms with van der Waals surface area (Å²) in [5, 5.41) is 3.51. The van der Waals surface area contributed by atoms with Crippen molar-refractivity contribution in [1.82, 2.24) is 5.32 Å². The highest BCUT2D eigenvalue weighted by molar-refractivity contribution is 4.90. The lowest BCUT2D eigenvalue weighted by Crippen LogP contribution is -2.48. The van der Waals surface area contributed by atoms with E-state index in [2.05, 4.69) is 47.0 Å². The van der Waals surface area contributed by atoms with Gasteiger partial charge in [-0.3, -0.25) is 0 Å². The molecule has 6 atom stereocenters. The van der Waals surface area contributed by atoms with Crippen molar-refractivity contribution in [2.75, 3.05) is 7.05 Å². The lowest BCUT2D eigenvalue weighted by molar-refractivity contribution is -0.0893. The smallest absolute Gasteiger partial charge is 0.0734 e. The number of hydrogen-bond donors (Lipinski definition) is 1. The van der Waals surface area contributed by atoms with Crippen LogP contribution in [0.15, 0.2) is 0 Å². The van der Waals surface area contributed by atoms with Gasteiger partial charge in [0.25, 0.3) is 0 Å². The van der Waals surface area contributed by atoms with E-state index in [9.17, 15) is 0 Å². The van der Waals surface area contributed by atoms with Crippen molar-refractivity contribution in [1.29, 1.82) is 0 Å². The Morgan fingerprint density at radius 1 is 0.905 bits per heavy atom. The van der Waals surface area contributed by atoms with Crippen molar-refractivity contribution in [3.8, 4) is 0 Å². The van der Waals surface area contributed by atoms with Gasteiger partial charge in [-0.25, -0.2) is 0 Å². The van der Waals surface area contributed by atoms with E-state index in [0.717, 1.165) is 17.8 Å². The zero-order chi connectivity index (χ0) is 15.6. The third-order valence-corrected chi connectivity index (χ3v) is 6.30. The van der Waals surface area contributed by atoms with Gasteiger partial charge in [-0.2, -0.15) is 0 Å². The fraction of sp³-hybridized carbons (Fsp3) is 1.00. The quantitative estimate of drug-likeness (QED) is 0.819. The first-order chi connectivity index (χ1) is 9.81. The molecule has 6 unspecified atom stereocenters. The van der Waals surface area contributed by atoms with E-state index in [-0.39, 0.29) is 0 Å². The molecular formula is C19H37NO. The van der Waals surface area contributed by atoms with Crippen molar-refractivity contribution < 1.29 is 4.74 Å². The molecule has 0 bridgehead atoms. The molecule has 0 radical (unpaired) electrons. The molecule has 2 fully saturated rings. The van der Waals surface area contributed by atoms with Crippen LogP contribution in [-0.2, 0) is 4.74 Å². The lowest BCUT2D eigenvalue weighted by atomic mass is 9.70. The molecule has 0 spiro atoms. The molecule has 2 nitrogen and oxygen atoms in total. The van der Waals surface area contributed by atoms with Gasteiger partial charge in [0.05, 0.1) is 12.2 Å². The minimum absolute atomic E-state index is 0.411. The Bertz CT molecular complexity index is 322. The van der Waals surface area contributed by atoms with Gasteiger partial charge in [0.15, 0.2) is 0 Å². The van der Waals surface area contributed by atoms with Crippen LogP contribution >= 0.6 is 0 Å². The van der Waals surface area contributed by atoms with Crippen LogP contribution in [0, 0.1) is 23.2 Å². The topological polar surface area (TPSA) is 21.3 Å². The van der Waals surface area contributed by atoms with Crippen molar-refractivity contribution >= 4 is 0 Å². The highest BCUT2D eigenvalue weighted by Crippen LogP contribution is 2.40. The summed E-state index contributed by atoms with van der Waals surface area (Å²) in [5.41, 5.74) is 0.411.